The van der Waals surface area contributed by atoms with Crippen molar-refractivity contribution < 1.29 is 49.4 Å². The van der Waals surface area contributed by atoms with E-state index in [0.29, 0.717) is 19.2 Å². The Morgan fingerprint density at radius 1 is 1.14 bits per heavy atom. The molecule has 0 saturated carbocycles. The van der Waals surface area contributed by atoms with Gasteiger partial charge < -0.3 is 19.1 Å². The zero-order valence-electron chi connectivity index (χ0n) is 22.9. The van der Waals surface area contributed by atoms with Crippen LogP contribution in [0, 0.1) is 0 Å². The second-order valence-electron chi connectivity index (χ2n) is 8.04. The Balaban J connectivity index is 0.000000477. The van der Waals surface area contributed by atoms with Crippen LogP contribution in [0.15, 0.2) is 54.6 Å². The number of fused-ring (bicyclic) bond motifs is 1. The molecule has 2 aromatic heterocycles. The van der Waals surface area contributed by atoms with Crippen LogP contribution in [0.5, 0.6) is 17.5 Å². The van der Waals surface area contributed by atoms with Crippen LogP contribution in [0.2, 0.25) is 0 Å². The van der Waals surface area contributed by atoms with Gasteiger partial charge >= 0.3 is 12.2 Å². The summed E-state index contributed by atoms with van der Waals surface area (Å²) in [4.78, 5) is 18.0. The maximum absolute atomic E-state index is 13.5. The van der Waals surface area contributed by atoms with E-state index in [2.05, 4.69) is 33.0 Å². The Labute approximate surface area is 258 Å². The second kappa shape index (κ2) is 15.7. The molecule has 0 aliphatic carbocycles. The first-order valence-electron chi connectivity index (χ1n) is 11.9. The smallest absolute Gasteiger partial charge is 0.417 e. The Morgan fingerprint density at radius 2 is 1.77 bits per heavy atom. The molecule has 0 aliphatic rings. The first-order valence-corrected chi connectivity index (χ1v) is 14.2. The standard InChI is InChI=1S/C16H14F5N5O5S.C8H11Cl2NO/c1-29-10-6-22-15(30-2)26-13(10)23-14(24-26)25-32(27,28)12-8(16(19,20)21)4-3-5-9(12)31-7-11(17)18;1-3-5-11(6-4-2)8(12)7(9)10/h3-6,11H,7H2,1-2H3,(H,24,25);3-4,7H,1-2,5-6H2. The molecule has 12 nitrogen and oxygen atoms in total. The van der Waals surface area contributed by atoms with Gasteiger partial charge in [0.2, 0.25) is 5.65 Å². The quantitative estimate of drug-likeness (QED) is 0.155. The van der Waals surface area contributed by atoms with Gasteiger partial charge in [0.1, 0.15) is 17.3 Å². The Morgan fingerprint density at radius 3 is 2.27 bits per heavy atom. The van der Waals surface area contributed by atoms with Crippen LogP contribution in [-0.4, -0.2) is 84.0 Å². The normalized spacial score (nSPS) is 11.5. The molecule has 0 unspecified atom stereocenters. The molecule has 2 heterocycles. The number of nitrogens with zero attached hydrogens (tertiary/aromatic N) is 5. The number of hydrogen-bond donors (Lipinski definition) is 1. The molecular formula is C24H25Cl2F5N6O6S. The summed E-state index contributed by atoms with van der Waals surface area (Å²) in [7, 11) is -2.56. The van der Waals surface area contributed by atoms with Crippen LogP contribution < -0.4 is 18.9 Å². The number of aromatic nitrogens is 4. The average molecular weight is 691 g/mol. The van der Waals surface area contributed by atoms with Gasteiger partial charge in [-0.25, -0.2) is 21.9 Å². The van der Waals surface area contributed by atoms with Gasteiger partial charge in [0.25, 0.3) is 28.3 Å². The molecule has 3 rings (SSSR count). The highest BCUT2D eigenvalue weighted by atomic mass is 35.5. The number of benzene rings is 1. The average Bonchev–Trinajstić information content (AvgIpc) is 3.37. The lowest BCUT2D eigenvalue weighted by molar-refractivity contribution is -0.140. The van der Waals surface area contributed by atoms with Crippen molar-refractivity contribution in [2.24, 2.45) is 0 Å². The number of methoxy groups -OCH3 is 2. The van der Waals surface area contributed by atoms with Gasteiger partial charge in [-0.3, -0.25) is 4.79 Å². The van der Waals surface area contributed by atoms with Crippen LogP contribution in [0.3, 0.4) is 0 Å². The molecule has 0 radical (unpaired) electrons. The number of hydrogen-bond acceptors (Lipinski definition) is 9. The minimum atomic E-state index is -5.14. The van der Waals surface area contributed by atoms with Crippen molar-refractivity contribution in [3.63, 3.8) is 0 Å². The van der Waals surface area contributed by atoms with Gasteiger partial charge in [-0.05, 0) is 12.1 Å². The van der Waals surface area contributed by atoms with Gasteiger partial charge in [-0.1, -0.05) is 41.4 Å². The monoisotopic (exact) mass is 690 g/mol. The molecule has 1 N–H and O–H groups in total. The number of carbonyl (C=O) groups excluding carboxylic acids is 1. The molecule has 1 amide bonds. The highest BCUT2D eigenvalue weighted by molar-refractivity contribution is 7.92. The van der Waals surface area contributed by atoms with E-state index >= 15 is 0 Å². The molecule has 44 heavy (non-hydrogen) atoms. The number of carbonyl (C=O) groups is 1. The Bertz CT molecular complexity index is 1520. The van der Waals surface area contributed by atoms with Crippen LogP contribution in [0.25, 0.3) is 5.65 Å². The molecule has 0 bridgehead atoms. The highest BCUT2D eigenvalue weighted by Gasteiger charge is 2.40. The third kappa shape index (κ3) is 9.30. The second-order valence-corrected chi connectivity index (χ2v) is 10.8. The summed E-state index contributed by atoms with van der Waals surface area (Å²) in [6.45, 7) is 6.56. The summed E-state index contributed by atoms with van der Waals surface area (Å²) in [6, 6.07) is 1.99. The maximum Gasteiger partial charge on any atom is 0.417 e. The van der Waals surface area contributed by atoms with E-state index in [9.17, 15) is 35.2 Å². The summed E-state index contributed by atoms with van der Waals surface area (Å²) in [5.74, 6) is -1.85. The lowest BCUT2D eigenvalue weighted by atomic mass is 10.2. The topological polar surface area (TPSA) is 137 Å². The number of nitrogens with one attached hydrogen (secondary N) is 1. The van der Waals surface area contributed by atoms with Gasteiger partial charge in [-0.2, -0.15) is 27.7 Å². The molecular weight excluding hydrogens is 666 g/mol. The highest BCUT2D eigenvalue weighted by Crippen LogP contribution is 2.39. The first-order chi connectivity index (χ1) is 20.6. The lowest BCUT2D eigenvalue weighted by Gasteiger charge is -2.19. The van der Waals surface area contributed by atoms with Crippen molar-refractivity contribution >= 4 is 50.7 Å². The van der Waals surface area contributed by atoms with Crippen molar-refractivity contribution in [1.82, 2.24) is 24.5 Å². The van der Waals surface area contributed by atoms with Crippen molar-refractivity contribution in [1.29, 1.82) is 0 Å². The van der Waals surface area contributed by atoms with E-state index in [4.69, 9.17) is 32.7 Å². The molecule has 1 aromatic carbocycles. The van der Waals surface area contributed by atoms with Crippen molar-refractivity contribution in [3.8, 4) is 17.5 Å². The van der Waals surface area contributed by atoms with Crippen LogP contribution in [0.4, 0.5) is 27.9 Å². The Hall–Kier alpha value is -3.90. The van der Waals surface area contributed by atoms with Crippen molar-refractivity contribution in [2.45, 2.75) is 22.3 Å². The molecule has 20 heteroatoms. The number of amides is 1. The number of anilines is 1. The molecule has 0 fully saturated rings. The fourth-order valence-corrected chi connectivity index (χ4v) is 4.89. The zero-order chi connectivity index (χ0) is 33.2. The molecule has 0 saturated heterocycles. The molecule has 0 spiro atoms. The fourth-order valence-electron chi connectivity index (χ4n) is 3.32. The first kappa shape index (κ1) is 36.3. The van der Waals surface area contributed by atoms with E-state index in [0.717, 1.165) is 16.6 Å². The molecule has 242 valence electrons. The number of halogens is 7. The zero-order valence-corrected chi connectivity index (χ0v) is 25.2. The largest absolute Gasteiger partial charge is 0.491 e. The van der Waals surface area contributed by atoms with E-state index in [-0.39, 0.29) is 23.3 Å². The van der Waals surface area contributed by atoms with Gasteiger partial charge in [0.05, 0.1) is 26.0 Å². The number of sulfonamides is 1. The van der Waals surface area contributed by atoms with Gasteiger partial charge in [-0.15, -0.1) is 18.3 Å². The predicted octanol–water partition coefficient (Wildman–Crippen LogP) is 4.60. The molecule has 3 aromatic rings. The maximum atomic E-state index is 13.5. The number of alkyl halides is 7. The van der Waals surface area contributed by atoms with Gasteiger partial charge in [0.15, 0.2) is 10.6 Å². The van der Waals surface area contributed by atoms with Crippen LogP contribution in [-0.2, 0) is 21.0 Å². The van der Waals surface area contributed by atoms with Crippen molar-refractivity contribution in [2.75, 3.05) is 38.6 Å². The van der Waals surface area contributed by atoms with E-state index in [1.165, 1.54) is 25.3 Å². The summed E-state index contributed by atoms with van der Waals surface area (Å²) in [5, 5.41) is 3.80. The predicted molar refractivity (Wildman–Crippen MR) is 150 cm³/mol. The summed E-state index contributed by atoms with van der Waals surface area (Å²) in [6.07, 6.45) is -3.77. The molecule has 0 aliphatic heterocycles. The van der Waals surface area contributed by atoms with Gasteiger partial charge in [0, 0.05) is 13.1 Å². The lowest BCUT2D eigenvalue weighted by Crippen LogP contribution is -2.35. The third-order valence-electron chi connectivity index (χ3n) is 5.04. The third-order valence-corrected chi connectivity index (χ3v) is 6.83. The summed E-state index contributed by atoms with van der Waals surface area (Å²) in [5.41, 5.74) is -1.69. The summed E-state index contributed by atoms with van der Waals surface area (Å²) >= 11 is 10.8. The van der Waals surface area contributed by atoms with E-state index in [1.807, 2.05) is 0 Å². The minimum Gasteiger partial charge on any atom is -0.491 e. The Kier molecular flexibility index (Phi) is 13.0. The van der Waals surface area contributed by atoms with Crippen LogP contribution in [0.1, 0.15) is 5.56 Å². The van der Waals surface area contributed by atoms with Crippen molar-refractivity contribution in [3.05, 3.63) is 55.3 Å². The van der Waals surface area contributed by atoms with E-state index < -0.39 is 56.2 Å². The number of ether oxygens (including phenoxy) is 3. The molecule has 0 atom stereocenters. The SMILES string of the molecule is C=CCN(CC=C)C(=O)C(Cl)Cl.COc1cnc(OC)n2nc(NS(=O)(=O)c3c(OCC(F)F)cccc3C(F)(F)F)nc12. The van der Waals surface area contributed by atoms with Crippen LogP contribution >= 0.6 is 23.2 Å². The fraction of sp³-hybridized carbons (Fsp3) is 0.333. The minimum absolute atomic E-state index is 0.0559. The van der Waals surface area contributed by atoms with E-state index in [1.54, 1.807) is 16.9 Å². The number of rotatable bonds is 13. The summed E-state index contributed by atoms with van der Waals surface area (Å²) < 4.78 is 109.